The summed E-state index contributed by atoms with van der Waals surface area (Å²) in [5.41, 5.74) is 3.26. The first-order valence-electron chi connectivity index (χ1n) is 10.7. The Bertz CT molecular complexity index is 1060. The lowest BCUT2D eigenvalue weighted by Crippen LogP contribution is -2.49. The Morgan fingerprint density at radius 3 is 2.77 bits per heavy atom. The van der Waals surface area contributed by atoms with Gasteiger partial charge in [-0.1, -0.05) is 6.92 Å². The number of nitrogens with zero attached hydrogens (tertiary/aromatic N) is 3. The minimum atomic E-state index is -0.392. The Balaban J connectivity index is 1.58. The average molecular weight is 424 g/mol. The minimum absolute atomic E-state index is 0.187. The molecular formula is C23H25FN4O3. The van der Waals surface area contributed by atoms with Crippen molar-refractivity contribution in [3.05, 3.63) is 53.0 Å². The largest absolute Gasteiger partial charge is 0.484 e. The molecule has 0 bridgehead atoms. The molecule has 5 rings (SSSR count). The van der Waals surface area contributed by atoms with Crippen LogP contribution >= 0.6 is 0 Å². The Labute approximate surface area is 180 Å². The maximum atomic E-state index is 13.9. The number of aromatic nitrogens is 1. The molecular weight excluding hydrogens is 399 g/mol. The molecule has 1 N–H and O–H groups in total. The van der Waals surface area contributed by atoms with E-state index >= 15 is 0 Å². The lowest BCUT2D eigenvalue weighted by atomic mass is 10.00. The molecule has 1 amide bonds. The number of hydrazine groups is 1. The number of hydrogen-bond donors (Lipinski definition) is 1. The molecule has 0 saturated carbocycles. The Hall–Kier alpha value is -2.97. The van der Waals surface area contributed by atoms with Crippen molar-refractivity contribution in [1.29, 1.82) is 0 Å². The van der Waals surface area contributed by atoms with Crippen LogP contribution in [-0.4, -0.2) is 48.7 Å². The third-order valence-electron chi connectivity index (χ3n) is 5.99. The highest BCUT2D eigenvalue weighted by Gasteiger charge is 2.37. The van der Waals surface area contributed by atoms with Gasteiger partial charge in [0.25, 0.3) is 5.91 Å². The molecule has 3 aliphatic rings. The summed E-state index contributed by atoms with van der Waals surface area (Å²) in [6.45, 7) is 7.96. The van der Waals surface area contributed by atoms with Crippen molar-refractivity contribution in [2.24, 2.45) is 0 Å². The zero-order valence-electron chi connectivity index (χ0n) is 17.7. The molecule has 1 unspecified atom stereocenters. The highest BCUT2D eigenvalue weighted by molar-refractivity contribution is 6.36. The van der Waals surface area contributed by atoms with Crippen LogP contribution in [0.1, 0.15) is 43.1 Å². The van der Waals surface area contributed by atoms with E-state index in [1.54, 1.807) is 12.3 Å². The van der Waals surface area contributed by atoms with Crippen molar-refractivity contribution >= 4 is 28.7 Å². The summed E-state index contributed by atoms with van der Waals surface area (Å²) >= 11 is 0. The van der Waals surface area contributed by atoms with Crippen LogP contribution in [0, 0.1) is 5.82 Å². The predicted molar refractivity (Wildman–Crippen MR) is 116 cm³/mol. The first-order chi connectivity index (χ1) is 15.1. The Morgan fingerprint density at radius 2 is 2.03 bits per heavy atom. The van der Waals surface area contributed by atoms with Crippen LogP contribution in [-0.2, 0) is 14.3 Å². The molecule has 8 heteroatoms. The van der Waals surface area contributed by atoms with E-state index in [2.05, 4.69) is 28.3 Å². The van der Waals surface area contributed by atoms with E-state index in [4.69, 9.17) is 14.5 Å². The number of benzene rings is 1. The van der Waals surface area contributed by atoms with Gasteiger partial charge in [0.2, 0.25) is 0 Å². The number of hydrogen-bond acceptors (Lipinski definition) is 6. The van der Waals surface area contributed by atoms with Gasteiger partial charge in [0.05, 0.1) is 18.8 Å². The van der Waals surface area contributed by atoms with Gasteiger partial charge in [-0.3, -0.25) is 9.80 Å². The summed E-state index contributed by atoms with van der Waals surface area (Å²) < 4.78 is 25.6. The number of carbonyl (C=O) groups is 1. The van der Waals surface area contributed by atoms with Crippen LogP contribution < -0.4 is 10.3 Å². The summed E-state index contributed by atoms with van der Waals surface area (Å²) in [6, 6.07) is 6.34. The van der Waals surface area contributed by atoms with Crippen molar-refractivity contribution in [3.63, 3.8) is 0 Å². The zero-order chi connectivity index (χ0) is 21.5. The normalized spacial score (nSPS) is 22.7. The fourth-order valence-corrected chi connectivity index (χ4v) is 4.49. The van der Waals surface area contributed by atoms with Gasteiger partial charge < -0.3 is 14.8 Å². The number of nitrogens with one attached hydrogen (secondary N) is 1. The van der Waals surface area contributed by atoms with Gasteiger partial charge in [0, 0.05) is 48.2 Å². The highest BCUT2D eigenvalue weighted by atomic mass is 19.1. The smallest absolute Gasteiger partial charge is 0.260 e. The molecule has 4 heterocycles. The van der Waals surface area contributed by atoms with E-state index in [1.165, 1.54) is 12.1 Å². The molecule has 0 spiro atoms. The lowest BCUT2D eigenvalue weighted by Gasteiger charge is -2.37. The quantitative estimate of drug-likeness (QED) is 0.757. The molecule has 1 aromatic heterocycles. The van der Waals surface area contributed by atoms with Gasteiger partial charge in [-0.05, 0) is 37.6 Å². The number of amides is 1. The summed E-state index contributed by atoms with van der Waals surface area (Å²) in [7, 11) is 0. The van der Waals surface area contributed by atoms with E-state index in [-0.39, 0.29) is 12.0 Å². The molecule has 3 aliphatic heterocycles. The molecule has 31 heavy (non-hydrogen) atoms. The molecule has 1 atom stereocenters. The molecule has 0 aliphatic carbocycles. The van der Waals surface area contributed by atoms with E-state index in [1.807, 2.05) is 6.92 Å². The van der Waals surface area contributed by atoms with Crippen LogP contribution in [0.15, 0.2) is 30.5 Å². The van der Waals surface area contributed by atoms with Crippen LogP contribution in [0.25, 0.3) is 11.3 Å². The molecule has 2 aromatic rings. The van der Waals surface area contributed by atoms with Gasteiger partial charge in [0.1, 0.15) is 23.5 Å². The summed E-state index contributed by atoms with van der Waals surface area (Å²) in [5.74, 6) is 0.637. The van der Waals surface area contributed by atoms with Gasteiger partial charge >= 0.3 is 0 Å². The monoisotopic (exact) mass is 424 g/mol. The second-order valence-electron chi connectivity index (χ2n) is 7.77. The predicted octanol–water partition coefficient (Wildman–Crippen LogP) is 3.60. The summed E-state index contributed by atoms with van der Waals surface area (Å²) in [6.07, 6.45) is 2.33. The topological polar surface area (TPSA) is 66.9 Å². The van der Waals surface area contributed by atoms with Crippen molar-refractivity contribution in [3.8, 4) is 0 Å². The van der Waals surface area contributed by atoms with Gasteiger partial charge in [-0.2, -0.15) is 0 Å². The van der Waals surface area contributed by atoms with E-state index in [9.17, 15) is 9.18 Å². The number of rotatable bonds is 4. The zero-order valence-corrected chi connectivity index (χ0v) is 17.7. The number of ether oxygens (including phenoxy) is 2. The standard InChI is InChI=1S/C23H25FN4O3/c1-3-19-15-12-20(28(4-2)27-7-9-30-10-8-27)25-13-17(15)22(31-19)21-16-11-14(24)5-6-18(16)26-23(21)29/h5-6,11-13,19H,3-4,7-10H2,1-2H3,(H,26,29). The van der Waals surface area contributed by atoms with Crippen molar-refractivity contribution < 1.29 is 18.7 Å². The number of fused-ring (bicyclic) bond motifs is 2. The van der Waals surface area contributed by atoms with Crippen LogP contribution in [0.2, 0.25) is 0 Å². The third kappa shape index (κ3) is 3.36. The Morgan fingerprint density at radius 1 is 1.23 bits per heavy atom. The maximum Gasteiger partial charge on any atom is 0.260 e. The van der Waals surface area contributed by atoms with E-state index in [0.29, 0.717) is 35.8 Å². The molecule has 1 aromatic carbocycles. The van der Waals surface area contributed by atoms with Crippen LogP contribution in [0.5, 0.6) is 0 Å². The molecule has 162 valence electrons. The summed E-state index contributed by atoms with van der Waals surface area (Å²) in [4.78, 5) is 17.5. The number of anilines is 2. The van der Waals surface area contributed by atoms with E-state index in [0.717, 1.165) is 43.0 Å². The first-order valence-corrected chi connectivity index (χ1v) is 10.7. The Kier molecular flexibility index (Phi) is 5.11. The maximum absolute atomic E-state index is 13.9. The number of pyridine rings is 1. The highest BCUT2D eigenvalue weighted by Crippen LogP contribution is 2.47. The van der Waals surface area contributed by atoms with Crippen molar-refractivity contribution in [2.45, 2.75) is 26.4 Å². The second kappa shape index (κ2) is 7.94. The minimum Gasteiger partial charge on any atom is -0.484 e. The van der Waals surface area contributed by atoms with Crippen LogP contribution in [0.4, 0.5) is 15.9 Å². The number of carbonyl (C=O) groups excluding carboxylic acids is 1. The molecule has 7 nitrogen and oxygen atoms in total. The number of morpholine rings is 1. The third-order valence-corrected chi connectivity index (χ3v) is 5.99. The molecule has 1 saturated heterocycles. The molecule has 0 radical (unpaired) electrons. The van der Waals surface area contributed by atoms with Gasteiger partial charge in [0.15, 0.2) is 0 Å². The fraction of sp³-hybridized carbons (Fsp3) is 0.391. The van der Waals surface area contributed by atoms with Crippen LogP contribution in [0.3, 0.4) is 0 Å². The summed E-state index contributed by atoms with van der Waals surface area (Å²) in [5, 5.41) is 7.21. The lowest BCUT2D eigenvalue weighted by molar-refractivity contribution is -0.110. The van der Waals surface area contributed by atoms with Gasteiger partial charge in [-0.15, -0.1) is 0 Å². The SMILES string of the molecule is CCC1OC(=C2C(=O)Nc3ccc(F)cc32)c2cnc(N(CC)N3CCOCC3)cc21. The van der Waals surface area contributed by atoms with E-state index < -0.39 is 5.82 Å². The first kappa shape index (κ1) is 20.0. The fourth-order valence-electron chi connectivity index (χ4n) is 4.49. The van der Waals surface area contributed by atoms with Crippen molar-refractivity contribution in [2.75, 3.05) is 43.2 Å². The molecule has 1 fully saturated rings. The number of halogens is 1. The van der Waals surface area contributed by atoms with Crippen molar-refractivity contribution in [1.82, 2.24) is 9.99 Å². The average Bonchev–Trinajstić information content (AvgIpc) is 3.30. The van der Waals surface area contributed by atoms with Gasteiger partial charge in [-0.25, -0.2) is 14.4 Å². The second-order valence-corrected chi connectivity index (χ2v) is 7.77.